The first-order valence-corrected chi connectivity index (χ1v) is 3.56. The molecule has 1 aromatic rings. The highest BCUT2D eigenvalue weighted by Crippen LogP contribution is 2.26. The second-order valence-corrected chi connectivity index (χ2v) is 2.60. The van der Waals surface area contributed by atoms with Crippen LogP contribution in [0.3, 0.4) is 0 Å². The Bertz CT molecular complexity index is 305. The largest absolute Gasteiger partial charge is 0.470 e. The van der Waals surface area contributed by atoms with Gasteiger partial charge in [-0.2, -0.15) is 0 Å². The predicted molar refractivity (Wildman–Crippen MR) is 36.5 cm³/mol. The fraction of sp³-hybridized carbons (Fsp3) is 0.500. The van der Waals surface area contributed by atoms with Gasteiger partial charge >= 0.3 is 0 Å². The topological polar surface area (TPSA) is 91.2 Å². The van der Waals surface area contributed by atoms with E-state index >= 15 is 0 Å². The Kier molecular flexibility index (Phi) is 1.46. The lowest BCUT2D eigenvalue weighted by Crippen LogP contribution is -2.13. The number of ether oxygens (including phenoxy) is 1. The Labute approximate surface area is 67.6 Å². The number of amides is 1. The van der Waals surface area contributed by atoms with E-state index in [-0.39, 0.29) is 17.7 Å². The number of rotatable bonds is 3. The molecule has 1 amide bonds. The Morgan fingerprint density at radius 1 is 1.58 bits per heavy atom. The molecule has 1 heterocycles. The van der Waals surface area contributed by atoms with Crippen LogP contribution in [0.15, 0.2) is 4.63 Å². The van der Waals surface area contributed by atoms with E-state index in [1.54, 1.807) is 0 Å². The van der Waals surface area contributed by atoms with Crippen molar-refractivity contribution < 1.29 is 14.2 Å². The van der Waals surface area contributed by atoms with E-state index in [9.17, 15) is 4.79 Å². The molecule has 1 saturated carbocycles. The SMILES string of the molecule is NC(=O)c1nonc1OC1CC1. The first kappa shape index (κ1) is 7.08. The second kappa shape index (κ2) is 2.47. The summed E-state index contributed by atoms with van der Waals surface area (Å²) in [5.41, 5.74) is 4.93. The van der Waals surface area contributed by atoms with Gasteiger partial charge in [-0.15, -0.1) is 0 Å². The van der Waals surface area contributed by atoms with Crippen LogP contribution in [0.2, 0.25) is 0 Å². The summed E-state index contributed by atoms with van der Waals surface area (Å²) in [6.07, 6.45) is 2.10. The molecule has 0 saturated heterocycles. The quantitative estimate of drug-likeness (QED) is 0.671. The normalized spacial score (nSPS) is 16.0. The molecule has 64 valence electrons. The second-order valence-electron chi connectivity index (χ2n) is 2.60. The zero-order chi connectivity index (χ0) is 8.55. The molecule has 6 heteroatoms. The van der Waals surface area contributed by atoms with Gasteiger partial charge in [0.05, 0.1) is 0 Å². The maximum atomic E-state index is 10.7. The minimum atomic E-state index is -0.688. The lowest BCUT2D eigenvalue weighted by atomic mass is 10.4. The summed E-state index contributed by atoms with van der Waals surface area (Å²) in [6.45, 7) is 0. The minimum absolute atomic E-state index is 0.0399. The predicted octanol–water partition coefficient (Wildman–Crippen LogP) is -0.290. The van der Waals surface area contributed by atoms with E-state index in [1.807, 2.05) is 0 Å². The van der Waals surface area contributed by atoms with Gasteiger partial charge in [-0.1, -0.05) is 0 Å². The van der Waals surface area contributed by atoms with Crippen LogP contribution < -0.4 is 10.5 Å². The van der Waals surface area contributed by atoms with Crippen molar-refractivity contribution in [2.24, 2.45) is 5.73 Å². The maximum Gasteiger partial charge on any atom is 0.289 e. The highest BCUT2D eigenvalue weighted by molar-refractivity contribution is 5.92. The molecule has 0 bridgehead atoms. The van der Waals surface area contributed by atoms with Crippen LogP contribution in [0.25, 0.3) is 0 Å². The highest BCUT2D eigenvalue weighted by atomic mass is 16.6. The Hall–Kier alpha value is -1.59. The van der Waals surface area contributed by atoms with Gasteiger partial charge in [0.2, 0.25) is 5.69 Å². The lowest BCUT2D eigenvalue weighted by Gasteiger charge is -1.96. The van der Waals surface area contributed by atoms with Crippen molar-refractivity contribution in [2.75, 3.05) is 0 Å². The zero-order valence-electron chi connectivity index (χ0n) is 6.19. The monoisotopic (exact) mass is 169 g/mol. The van der Waals surface area contributed by atoms with E-state index in [0.717, 1.165) is 12.8 Å². The molecule has 0 radical (unpaired) electrons. The zero-order valence-corrected chi connectivity index (χ0v) is 6.19. The van der Waals surface area contributed by atoms with E-state index in [0.29, 0.717) is 0 Å². The molecule has 12 heavy (non-hydrogen) atoms. The molecule has 6 nitrogen and oxygen atoms in total. The molecule has 2 N–H and O–H groups in total. The fourth-order valence-electron chi connectivity index (χ4n) is 0.752. The lowest BCUT2D eigenvalue weighted by molar-refractivity contribution is 0.0988. The van der Waals surface area contributed by atoms with Crippen molar-refractivity contribution in [3.05, 3.63) is 5.69 Å². The Morgan fingerprint density at radius 3 is 2.92 bits per heavy atom. The van der Waals surface area contributed by atoms with Gasteiger partial charge in [-0.05, 0) is 23.2 Å². The van der Waals surface area contributed by atoms with Gasteiger partial charge in [0, 0.05) is 0 Å². The molecule has 2 rings (SSSR count). The number of primary amides is 1. The van der Waals surface area contributed by atoms with Crippen molar-refractivity contribution in [3.63, 3.8) is 0 Å². The minimum Gasteiger partial charge on any atom is -0.470 e. The van der Waals surface area contributed by atoms with Crippen molar-refractivity contribution in [2.45, 2.75) is 18.9 Å². The molecule has 1 aliphatic rings. The third-order valence-corrected chi connectivity index (χ3v) is 1.49. The number of hydrogen-bond donors (Lipinski definition) is 1. The number of nitrogens with two attached hydrogens (primary N) is 1. The maximum absolute atomic E-state index is 10.7. The molecule has 0 aromatic carbocycles. The fourth-order valence-corrected chi connectivity index (χ4v) is 0.752. The molecule has 0 aliphatic heterocycles. The van der Waals surface area contributed by atoms with Crippen LogP contribution >= 0.6 is 0 Å². The van der Waals surface area contributed by atoms with Gasteiger partial charge < -0.3 is 10.5 Å². The number of nitrogens with zero attached hydrogens (tertiary/aromatic N) is 2. The highest BCUT2D eigenvalue weighted by Gasteiger charge is 2.28. The standard InChI is InChI=1S/C6H7N3O3/c7-5(10)4-6(9-12-8-4)11-3-1-2-3/h3H,1-2H2,(H2,7,10). The van der Waals surface area contributed by atoms with Crippen LogP contribution in [0.1, 0.15) is 23.3 Å². The molecule has 1 fully saturated rings. The average Bonchev–Trinajstić information content (AvgIpc) is 2.66. The smallest absolute Gasteiger partial charge is 0.289 e. The van der Waals surface area contributed by atoms with Crippen molar-refractivity contribution in [3.8, 4) is 5.88 Å². The van der Waals surface area contributed by atoms with Crippen molar-refractivity contribution >= 4 is 5.91 Å². The van der Waals surface area contributed by atoms with Crippen molar-refractivity contribution in [1.29, 1.82) is 0 Å². The van der Waals surface area contributed by atoms with Crippen LogP contribution in [-0.2, 0) is 0 Å². The molecule has 0 spiro atoms. The van der Waals surface area contributed by atoms with E-state index < -0.39 is 5.91 Å². The molecule has 0 unspecified atom stereocenters. The summed E-state index contributed by atoms with van der Waals surface area (Å²) in [5.74, 6) is -0.586. The van der Waals surface area contributed by atoms with Crippen LogP contribution in [-0.4, -0.2) is 22.3 Å². The summed E-state index contributed by atoms with van der Waals surface area (Å²) < 4.78 is 9.50. The summed E-state index contributed by atoms with van der Waals surface area (Å²) in [6, 6.07) is 0. The number of carbonyl (C=O) groups is 1. The summed E-state index contributed by atoms with van der Waals surface area (Å²) in [7, 11) is 0. The first-order chi connectivity index (χ1) is 5.77. The van der Waals surface area contributed by atoms with Gasteiger partial charge in [-0.25, -0.2) is 4.63 Å². The summed E-state index contributed by atoms with van der Waals surface area (Å²) in [5, 5.41) is 6.72. The Balaban J connectivity index is 2.17. The first-order valence-electron chi connectivity index (χ1n) is 3.56. The van der Waals surface area contributed by atoms with E-state index in [1.165, 1.54) is 0 Å². The molecular formula is C6H7N3O3. The van der Waals surface area contributed by atoms with Gasteiger partial charge in [0.1, 0.15) is 6.10 Å². The van der Waals surface area contributed by atoms with Gasteiger partial charge in [-0.3, -0.25) is 4.79 Å². The molecule has 1 aliphatic carbocycles. The summed E-state index contributed by atoms with van der Waals surface area (Å²) in [4.78, 5) is 10.7. The van der Waals surface area contributed by atoms with Crippen LogP contribution in [0, 0.1) is 0 Å². The third kappa shape index (κ3) is 1.23. The van der Waals surface area contributed by atoms with Crippen LogP contribution in [0.5, 0.6) is 5.88 Å². The van der Waals surface area contributed by atoms with Crippen LogP contribution in [0.4, 0.5) is 0 Å². The van der Waals surface area contributed by atoms with E-state index in [4.69, 9.17) is 10.5 Å². The Morgan fingerprint density at radius 2 is 2.33 bits per heavy atom. The number of carbonyl (C=O) groups excluding carboxylic acids is 1. The molecule has 1 aromatic heterocycles. The number of hydrogen-bond acceptors (Lipinski definition) is 5. The van der Waals surface area contributed by atoms with Crippen molar-refractivity contribution in [1.82, 2.24) is 10.3 Å². The summed E-state index contributed by atoms with van der Waals surface area (Å²) >= 11 is 0. The molecule has 0 atom stereocenters. The van der Waals surface area contributed by atoms with Gasteiger partial charge in [0.25, 0.3) is 11.8 Å². The number of aromatic nitrogens is 2. The third-order valence-electron chi connectivity index (χ3n) is 1.49. The molecular weight excluding hydrogens is 162 g/mol. The van der Waals surface area contributed by atoms with Gasteiger partial charge in [0.15, 0.2) is 0 Å². The average molecular weight is 169 g/mol. The van der Waals surface area contributed by atoms with E-state index in [2.05, 4.69) is 14.9 Å².